The van der Waals surface area contributed by atoms with Crippen LogP contribution in [0.2, 0.25) is 5.02 Å². The van der Waals surface area contributed by atoms with E-state index >= 15 is 0 Å². The quantitative estimate of drug-likeness (QED) is 0.735. The number of rotatable bonds is 1. The zero-order chi connectivity index (χ0) is 9.80. The number of halogens is 1. The molecule has 0 aliphatic carbocycles. The Bertz CT molecular complexity index is 298. The van der Waals surface area contributed by atoms with E-state index in [4.69, 9.17) is 11.6 Å². The zero-order valence-corrected chi connectivity index (χ0v) is 9.52. The van der Waals surface area contributed by atoms with Crippen LogP contribution in [0.15, 0.2) is 18.3 Å². The lowest BCUT2D eigenvalue weighted by molar-refractivity contribution is 0.801. The minimum Gasteiger partial charge on any atom is -0.355 e. The van der Waals surface area contributed by atoms with Crippen LogP contribution in [0.4, 0.5) is 5.82 Å². The van der Waals surface area contributed by atoms with Gasteiger partial charge in [-0.1, -0.05) is 11.6 Å². The number of anilines is 1. The first kappa shape index (κ1) is 10.1. The largest absolute Gasteiger partial charge is 0.355 e. The van der Waals surface area contributed by atoms with Gasteiger partial charge in [0.05, 0.1) is 5.02 Å². The van der Waals surface area contributed by atoms with E-state index in [9.17, 15) is 0 Å². The van der Waals surface area contributed by atoms with E-state index in [0.717, 1.165) is 23.9 Å². The number of nitrogens with zero attached hydrogens (tertiary/aromatic N) is 2. The lowest BCUT2D eigenvalue weighted by atomic mass is 10.3. The highest BCUT2D eigenvalue weighted by Gasteiger charge is 2.13. The highest BCUT2D eigenvalue weighted by Crippen LogP contribution is 2.24. The first-order valence-corrected chi connectivity index (χ1v) is 6.34. The molecular formula is C10H13ClN2S. The van der Waals surface area contributed by atoms with Crippen molar-refractivity contribution in [2.24, 2.45) is 0 Å². The van der Waals surface area contributed by atoms with Crippen molar-refractivity contribution in [1.29, 1.82) is 0 Å². The fraction of sp³-hybridized carbons (Fsp3) is 0.500. The van der Waals surface area contributed by atoms with E-state index < -0.39 is 0 Å². The Labute approximate surface area is 93.7 Å². The van der Waals surface area contributed by atoms with Crippen LogP contribution in [0.25, 0.3) is 0 Å². The highest BCUT2D eigenvalue weighted by atomic mass is 35.5. The van der Waals surface area contributed by atoms with Crippen molar-refractivity contribution < 1.29 is 0 Å². The molecular weight excluding hydrogens is 216 g/mol. The molecule has 0 atom stereocenters. The van der Waals surface area contributed by atoms with Crippen molar-refractivity contribution in [3.05, 3.63) is 23.4 Å². The second kappa shape index (κ2) is 4.89. The summed E-state index contributed by atoms with van der Waals surface area (Å²) in [5, 5.41) is 0.763. The second-order valence-corrected chi connectivity index (χ2v) is 4.89. The molecule has 0 saturated carbocycles. The molecule has 0 amide bonds. The van der Waals surface area contributed by atoms with Gasteiger partial charge in [-0.15, -0.1) is 0 Å². The van der Waals surface area contributed by atoms with E-state index in [1.54, 1.807) is 6.20 Å². The Balaban J connectivity index is 2.16. The molecule has 1 fully saturated rings. The van der Waals surface area contributed by atoms with Gasteiger partial charge >= 0.3 is 0 Å². The third kappa shape index (κ3) is 2.34. The van der Waals surface area contributed by atoms with Gasteiger partial charge in [-0.05, 0) is 24.3 Å². The van der Waals surface area contributed by atoms with Crippen molar-refractivity contribution in [3.8, 4) is 0 Å². The topological polar surface area (TPSA) is 16.1 Å². The van der Waals surface area contributed by atoms with Gasteiger partial charge in [0.15, 0.2) is 0 Å². The summed E-state index contributed by atoms with van der Waals surface area (Å²) in [6.45, 7) is 2.13. The summed E-state index contributed by atoms with van der Waals surface area (Å²) in [6, 6.07) is 3.78. The van der Waals surface area contributed by atoms with Crippen LogP contribution in [0.3, 0.4) is 0 Å². The summed E-state index contributed by atoms with van der Waals surface area (Å²) in [4.78, 5) is 6.61. The fourth-order valence-electron chi connectivity index (χ4n) is 1.57. The van der Waals surface area contributed by atoms with Gasteiger partial charge in [0, 0.05) is 25.0 Å². The zero-order valence-electron chi connectivity index (χ0n) is 7.95. The molecule has 0 spiro atoms. The lowest BCUT2D eigenvalue weighted by Crippen LogP contribution is -2.26. The molecule has 14 heavy (non-hydrogen) atoms. The monoisotopic (exact) mass is 228 g/mol. The summed E-state index contributed by atoms with van der Waals surface area (Å²) in [5.41, 5.74) is 0. The summed E-state index contributed by atoms with van der Waals surface area (Å²) in [5.74, 6) is 3.37. The SMILES string of the molecule is Clc1cccnc1N1CCCSCC1. The van der Waals surface area contributed by atoms with Crippen molar-refractivity contribution in [2.45, 2.75) is 6.42 Å². The molecule has 1 aliphatic heterocycles. The maximum Gasteiger partial charge on any atom is 0.147 e. The van der Waals surface area contributed by atoms with Crippen LogP contribution in [0.5, 0.6) is 0 Å². The molecule has 2 heterocycles. The third-order valence-electron chi connectivity index (χ3n) is 2.26. The molecule has 0 aromatic carbocycles. The first-order valence-electron chi connectivity index (χ1n) is 4.81. The fourth-order valence-corrected chi connectivity index (χ4v) is 2.70. The van der Waals surface area contributed by atoms with E-state index in [1.165, 1.54) is 17.9 Å². The Morgan fingerprint density at radius 1 is 1.36 bits per heavy atom. The maximum atomic E-state index is 6.10. The number of thioether (sulfide) groups is 1. The van der Waals surface area contributed by atoms with Crippen LogP contribution in [-0.4, -0.2) is 29.6 Å². The molecule has 0 radical (unpaired) electrons. The van der Waals surface area contributed by atoms with Crippen molar-refractivity contribution in [1.82, 2.24) is 4.98 Å². The van der Waals surface area contributed by atoms with E-state index in [1.807, 2.05) is 23.9 Å². The molecule has 2 rings (SSSR count). The Morgan fingerprint density at radius 3 is 3.14 bits per heavy atom. The van der Waals surface area contributed by atoms with Gasteiger partial charge in [0.1, 0.15) is 5.82 Å². The Morgan fingerprint density at radius 2 is 2.29 bits per heavy atom. The van der Waals surface area contributed by atoms with Crippen LogP contribution < -0.4 is 4.90 Å². The molecule has 4 heteroatoms. The first-order chi connectivity index (χ1) is 6.88. The number of aromatic nitrogens is 1. The van der Waals surface area contributed by atoms with Crippen LogP contribution in [0.1, 0.15) is 6.42 Å². The van der Waals surface area contributed by atoms with Gasteiger partial charge in [0.25, 0.3) is 0 Å². The second-order valence-electron chi connectivity index (χ2n) is 3.26. The molecule has 1 aliphatic rings. The van der Waals surface area contributed by atoms with Gasteiger partial charge < -0.3 is 4.90 Å². The summed E-state index contributed by atoms with van der Waals surface area (Å²) < 4.78 is 0. The van der Waals surface area contributed by atoms with Crippen molar-refractivity contribution in [2.75, 3.05) is 29.5 Å². The Hall–Kier alpha value is -0.410. The lowest BCUT2D eigenvalue weighted by Gasteiger charge is -2.21. The number of hydrogen-bond donors (Lipinski definition) is 0. The third-order valence-corrected chi connectivity index (χ3v) is 3.60. The molecule has 1 aromatic heterocycles. The van der Waals surface area contributed by atoms with Crippen molar-refractivity contribution >= 4 is 29.2 Å². The molecule has 0 bridgehead atoms. The number of hydrogen-bond acceptors (Lipinski definition) is 3. The molecule has 0 unspecified atom stereocenters. The standard InChI is InChI=1S/C10H13ClN2S/c11-9-3-1-4-12-10(9)13-5-2-7-14-8-6-13/h1,3-4H,2,5-8H2. The maximum absolute atomic E-state index is 6.10. The average Bonchev–Trinajstić information content (AvgIpc) is 2.47. The predicted molar refractivity (Wildman–Crippen MR) is 63.4 cm³/mol. The van der Waals surface area contributed by atoms with Crippen molar-refractivity contribution in [3.63, 3.8) is 0 Å². The molecule has 2 nitrogen and oxygen atoms in total. The van der Waals surface area contributed by atoms with Crippen LogP contribution in [0, 0.1) is 0 Å². The minimum atomic E-state index is 0.763. The molecule has 76 valence electrons. The van der Waals surface area contributed by atoms with Gasteiger partial charge in [-0.3, -0.25) is 0 Å². The van der Waals surface area contributed by atoms with E-state index in [-0.39, 0.29) is 0 Å². The van der Waals surface area contributed by atoms with Gasteiger partial charge in [-0.2, -0.15) is 11.8 Å². The summed E-state index contributed by atoms with van der Waals surface area (Å²) in [6.07, 6.45) is 3.02. The molecule has 0 N–H and O–H groups in total. The predicted octanol–water partition coefficient (Wildman–Crippen LogP) is 2.68. The van der Waals surface area contributed by atoms with Crippen LogP contribution in [-0.2, 0) is 0 Å². The number of pyridine rings is 1. The smallest absolute Gasteiger partial charge is 0.147 e. The summed E-state index contributed by atoms with van der Waals surface area (Å²) in [7, 11) is 0. The summed E-state index contributed by atoms with van der Waals surface area (Å²) >= 11 is 8.11. The van der Waals surface area contributed by atoms with Crippen LogP contribution >= 0.6 is 23.4 Å². The van der Waals surface area contributed by atoms with E-state index in [0.29, 0.717) is 0 Å². The van der Waals surface area contributed by atoms with E-state index in [2.05, 4.69) is 9.88 Å². The minimum absolute atomic E-state index is 0.763. The normalized spacial score (nSPS) is 17.9. The Kier molecular flexibility index (Phi) is 3.54. The molecule has 1 saturated heterocycles. The highest BCUT2D eigenvalue weighted by molar-refractivity contribution is 7.99. The van der Waals surface area contributed by atoms with Gasteiger partial charge in [-0.25, -0.2) is 4.98 Å². The molecule has 1 aromatic rings. The van der Waals surface area contributed by atoms with Gasteiger partial charge in [0.2, 0.25) is 0 Å². The average molecular weight is 229 g/mol.